The molecule has 2 aromatic heterocycles. The summed E-state index contributed by atoms with van der Waals surface area (Å²) < 4.78 is 1.92. The number of piperidine rings is 1. The number of fused-ring (bicyclic) bond motifs is 1. The second kappa shape index (κ2) is 4.72. The third-order valence-electron chi connectivity index (χ3n) is 3.74. The highest BCUT2D eigenvalue weighted by Gasteiger charge is 2.22. The van der Waals surface area contributed by atoms with Crippen molar-refractivity contribution >= 4 is 23.2 Å². The maximum atomic E-state index is 6.00. The maximum absolute atomic E-state index is 6.00. The summed E-state index contributed by atoms with van der Waals surface area (Å²) in [4.78, 5) is 6.29. The molecule has 0 bridgehead atoms. The van der Waals surface area contributed by atoms with Crippen molar-refractivity contribution in [2.75, 3.05) is 18.0 Å². The van der Waals surface area contributed by atoms with Crippen molar-refractivity contribution in [2.24, 2.45) is 5.92 Å². The number of hydrogen-bond donors (Lipinski definition) is 0. The van der Waals surface area contributed by atoms with E-state index >= 15 is 0 Å². The summed E-state index contributed by atoms with van der Waals surface area (Å²) in [5.74, 6) is 1.73. The lowest BCUT2D eigenvalue weighted by molar-refractivity contribution is 0.392. The zero-order valence-corrected chi connectivity index (χ0v) is 11.1. The van der Waals surface area contributed by atoms with Crippen LogP contribution < -0.4 is 4.90 Å². The molecule has 3 rings (SSSR count). The van der Waals surface area contributed by atoms with Gasteiger partial charge in [0.15, 0.2) is 10.8 Å². The third kappa shape index (κ3) is 1.92. The summed E-state index contributed by atoms with van der Waals surface area (Å²) in [7, 11) is 0. The fraction of sp³-hybridized carbons (Fsp3) is 0.583. The predicted octanol–water partition coefficient (Wildman–Crippen LogP) is 2.40. The van der Waals surface area contributed by atoms with E-state index in [1.54, 1.807) is 6.20 Å². The van der Waals surface area contributed by atoms with E-state index < -0.39 is 0 Å². The lowest BCUT2D eigenvalue weighted by Crippen LogP contribution is -2.34. The normalized spacial score (nSPS) is 17.6. The van der Waals surface area contributed by atoms with E-state index in [0.29, 0.717) is 10.8 Å². The summed E-state index contributed by atoms with van der Waals surface area (Å²) in [6.45, 7) is 4.34. The van der Waals surface area contributed by atoms with E-state index in [4.69, 9.17) is 11.6 Å². The Balaban J connectivity index is 1.89. The van der Waals surface area contributed by atoms with Gasteiger partial charge in [0.05, 0.1) is 0 Å². The molecule has 0 amide bonds. The van der Waals surface area contributed by atoms with E-state index in [1.807, 2.05) is 10.6 Å². The zero-order valence-electron chi connectivity index (χ0n) is 10.4. The molecule has 96 valence electrons. The fourth-order valence-electron chi connectivity index (χ4n) is 2.54. The highest BCUT2D eigenvalue weighted by atomic mass is 35.5. The van der Waals surface area contributed by atoms with Crippen molar-refractivity contribution in [3.05, 3.63) is 17.5 Å². The van der Waals surface area contributed by atoms with Crippen LogP contribution in [0, 0.1) is 5.92 Å². The third-order valence-corrected chi connectivity index (χ3v) is 4.01. The van der Waals surface area contributed by atoms with E-state index in [2.05, 4.69) is 27.0 Å². The Morgan fingerprint density at radius 2 is 2.11 bits per heavy atom. The van der Waals surface area contributed by atoms with Gasteiger partial charge in [0.2, 0.25) is 5.95 Å². The molecule has 0 saturated carbocycles. The van der Waals surface area contributed by atoms with Crippen molar-refractivity contribution in [3.63, 3.8) is 0 Å². The van der Waals surface area contributed by atoms with Crippen LogP contribution in [-0.4, -0.2) is 32.7 Å². The molecule has 6 heteroatoms. The van der Waals surface area contributed by atoms with Crippen LogP contribution in [0.4, 0.5) is 5.95 Å². The van der Waals surface area contributed by atoms with Gasteiger partial charge in [-0.15, -0.1) is 10.2 Å². The maximum Gasteiger partial charge on any atom is 0.231 e. The second-order valence-electron chi connectivity index (χ2n) is 4.75. The molecule has 5 nitrogen and oxygen atoms in total. The summed E-state index contributed by atoms with van der Waals surface area (Å²) in [5, 5.41) is 8.76. The molecule has 0 N–H and O–H groups in total. The molecule has 3 heterocycles. The first-order valence-electron chi connectivity index (χ1n) is 6.39. The highest BCUT2D eigenvalue weighted by molar-refractivity contribution is 6.32. The Hall–Kier alpha value is -1.36. The fourth-order valence-corrected chi connectivity index (χ4v) is 2.73. The minimum atomic E-state index is 0.402. The largest absolute Gasteiger partial charge is 0.341 e. The standard InChI is InChI=1S/C12H16ClN5/c1-2-9-3-6-17(7-4-9)12-16-15-11-10(13)14-5-8-18(11)12/h5,8-9H,2-4,6-7H2,1H3. The topological polar surface area (TPSA) is 46.3 Å². The van der Waals surface area contributed by atoms with Crippen LogP contribution in [0.15, 0.2) is 12.4 Å². The molecular formula is C12H16ClN5. The van der Waals surface area contributed by atoms with Crippen molar-refractivity contribution in [3.8, 4) is 0 Å². The molecule has 0 radical (unpaired) electrons. The summed E-state index contributed by atoms with van der Waals surface area (Å²) in [6.07, 6.45) is 7.27. The average molecular weight is 266 g/mol. The lowest BCUT2D eigenvalue weighted by atomic mass is 9.95. The van der Waals surface area contributed by atoms with Crippen LogP contribution in [-0.2, 0) is 0 Å². The average Bonchev–Trinajstić information content (AvgIpc) is 2.84. The van der Waals surface area contributed by atoms with Crippen LogP contribution >= 0.6 is 11.6 Å². The van der Waals surface area contributed by atoms with Crippen LogP contribution in [0.1, 0.15) is 26.2 Å². The molecular weight excluding hydrogens is 250 g/mol. The Morgan fingerprint density at radius 1 is 1.33 bits per heavy atom. The summed E-state index contributed by atoms with van der Waals surface area (Å²) >= 11 is 6.00. The van der Waals surface area contributed by atoms with Crippen LogP contribution in [0.2, 0.25) is 5.15 Å². The molecule has 1 aliphatic rings. The number of rotatable bonds is 2. The van der Waals surface area contributed by atoms with E-state index in [1.165, 1.54) is 19.3 Å². The van der Waals surface area contributed by atoms with Crippen molar-refractivity contribution in [2.45, 2.75) is 26.2 Å². The van der Waals surface area contributed by atoms with Gasteiger partial charge in [-0.3, -0.25) is 4.40 Å². The Bertz CT molecular complexity index is 544. The van der Waals surface area contributed by atoms with Gasteiger partial charge in [-0.05, 0) is 18.8 Å². The molecule has 1 aliphatic heterocycles. The number of aromatic nitrogens is 4. The molecule has 1 saturated heterocycles. The minimum absolute atomic E-state index is 0.402. The van der Waals surface area contributed by atoms with Gasteiger partial charge in [-0.25, -0.2) is 4.98 Å². The summed E-state index contributed by atoms with van der Waals surface area (Å²) in [6, 6.07) is 0. The number of anilines is 1. The molecule has 0 unspecified atom stereocenters. The molecule has 0 atom stereocenters. The summed E-state index contributed by atoms with van der Waals surface area (Å²) in [5.41, 5.74) is 0.631. The van der Waals surface area contributed by atoms with Crippen molar-refractivity contribution in [1.82, 2.24) is 19.6 Å². The highest BCUT2D eigenvalue weighted by Crippen LogP contribution is 2.25. The zero-order chi connectivity index (χ0) is 12.5. The first-order chi connectivity index (χ1) is 8.79. The number of nitrogens with zero attached hydrogens (tertiary/aromatic N) is 5. The van der Waals surface area contributed by atoms with E-state index in [0.717, 1.165) is 25.0 Å². The van der Waals surface area contributed by atoms with E-state index in [9.17, 15) is 0 Å². The lowest BCUT2D eigenvalue weighted by Gasteiger charge is -2.31. The molecule has 0 aliphatic carbocycles. The van der Waals surface area contributed by atoms with E-state index in [-0.39, 0.29) is 0 Å². The minimum Gasteiger partial charge on any atom is -0.341 e. The second-order valence-corrected chi connectivity index (χ2v) is 5.11. The van der Waals surface area contributed by atoms with Gasteiger partial charge in [0, 0.05) is 25.5 Å². The quantitative estimate of drug-likeness (QED) is 0.837. The van der Waals surface area contributed by atoms with Gasteiger partial charge in [0.1, 0.15) is 0 Å². The Kier molecular flexibility index (Phi) is 3.07. The van der Waals surface area contributed by atoms with Gasteiger partial charge in [0.25, 0.3) is 0 Å². The van der Waals surface area contributed by atoms with Crippen LogP contribution in [0.3, 0.4) is 0 Å². The number of halogens is 1. The van der Waals surface area contributed by atoms with Crippen molar-refractivity contribution < 1.29 is 0 Å². The number of hydrogen-bond acceptors (Lipinski definition) is 4. The molecule has 18 heavy (non-hydrogen) atoms. The Labute approximate surface area is 111 Å². The van der Waals surface area contributed by atoms with Gasteiger partial charge in [-0.2, -0.15) is 0 Å². The Morgan fingerprint density at radius 3 is 2.83 bits per heavy atom. The van der Waals surface area contributed by atoms with Gasteiger partial charge in [-0.1, -0.05) is 24.9 Å². The smallest absolute Gasteiger partial charge is 0.231 e. The predicted molar refractivity (Wildman–Crippen MR) is 71.0 cm³/mol. The van der Waals surface area contributed by atoms with Gasteiger partial charge < -0.3 is 4.90 Å². The first-order valence-corrected chi connectivity index (χ1v) is 6.77. The van der Waals surface area contributed by atoms with Crippen LogP contribution in [0.25, 0.3) is 5.65 Å². The molecule has 1 fully saturated rings. The molecule has 0 aromatic carbocycles. The van der Waals surface area contributed by atoms with Crippen molar-refractivity contribution in [1.29, 1.82) is 0 Å². The van der Waals surface area contributed by atoms with Gasteiger partial charge >= 0.3 is 0 Å². The first kappa shape index (κ1) is 11.7. The molecule has 2 aromatic rings. The monoisotopic (exact) mass is 265 g/mol. The molecule has 0 spiro atoms. The van der Waals surface area contributed by atoms with Crippen LogP contribution in [0.5, 0.6) is 0 Å². The SMILES string of the molecule is CCC1CCN(c2nnc3c(Cl)nccn23)CC1.